The number of rotatable bonds is 4. The van der Waals surface area contributed by atoms with E-state index in [0.717, 1.165) is 11.3 Å². The average molecular weight is 435 g/mol. The number of anilines is 2. The molecule has 11 heteroatoms. The molecule has 2 aromatic carbocycles. The lowest BCUT2D eigenvalue weighted by atomic mass is 10.1. The summed E-state index contributed by atoms with van der Waals surface area (Å²) in [6, 6.07) is 10.7. The van der Waals surface area contributed by atoms with Gasteiger partial charge in [-0.2, -0.15) is 4.98 Å². The van der Waals surface area contributed by atoms with E-state index in [0.29, 0.717) is 21.3 Å². The maximum absolute atomic E-state index is 12.3. The number of aromatic hydroxyl groups is 1. The van der Waals surface area contributed by atoms with Crippen molar-refractivity contribution in [2.45, 2.75) is 4.90 Å². The molecule has 0 unspecified atom stereocenters. The fourth-order valence-electron chi connectivity index (χ4n) is 2.71. The van der Waals surface area contributed by atoms with Crippen LogP contribution in [0.5, 0.6) is 5.88 Å². The van der Waals surface area contributed by atoms with Crippen molar-refractivity contribution in [1.82, 2.24) is 4.98 Å². The zero-order valence-corrected chi connectivity index (χ0v) is 16.3. The van der Waals surface area contributed by atoms with E-state index in [1.807, 2.05) is 0 Å². The number of halogens is 1. The Morgan fingerprint density at radius 1 is 1.18 bits per heavy atom. The summed E-state index contributed by atoms with van der Waals surface area (Å²) < 4.78 is 23.0. The number of benzene rings is 2. The fourth-order valence-corrected chi connectivity index (χ4v) is 4.37. The molecule has 2 heterocycles. The fraction of sp³-hybridized carbons (Fsp3) is 0. The number of fused-ring (bicyclic) bond motifs is 1. The van der Waals surface area contributed by atoms with Crippen LogP contribution in [0.25, 0.3) is 5.57 Å². The number of hydrogen-bond acceptors (Lipinski definition) is 7. The maximum atomic E-state index is 12.3. The number of carbonyl (C=O) groups excluding carboxylic acids is 1. The number of thiazole rings is 1. The molecule has 1 aliphatic heterocycles. The molecule has 4 N–H and O–H groups in total. The van der Waals surface area contributed by atoms with Crippen molar-refractivity contribution in [2.75, 3.05) is 5.32 Å². The Morgan fingerprint density at radius 2 is 1.96 bits per heavy atom. The van der Waals surface area contributed by atoms with Crippen LogP contribution in [0.3, 0.4) is 0 Å². The number of sulfonamides is 1. The van der Waals surface area contributed by atoms with Gasteiger partial charge >= 0.3 is 0 Å². The highest BCUT2D eigenvalue weighted by Gasteiger charge is 2.25. The predicted molar refractivity (Wildman–Crippen MR) is 105 cm³/mol. The second-order valence-corrected chi connectivity index (χ2v) is 8.82. The first-order chi connectivity index (χ1) is 13.2. The van der Waals surface area contributed by atoms with Crippen molar-refractivity contribution >= 4 is 55.3 Å². The zero-order valence-electron chi connectivity index (χ0n) is 13.9. The summed E-state index contributed by atoms with van der Waals surface area (Å²) in [5, 5.41) is 20.0. The van der Waals surface area contributed by atoms with Gasteiger partial charge in [-0.05, 0) is 36.4 Å². The summed E-state index contributed by atoms with van der Waals surface area (Å²) in [5.41, 5.74) is 0.613. The van der Waals surface area contributed by atoms with Crippen molar-refractivity contribution in [3.63, 3.8) is 0 Å². The molecule has 28 heavy (non-hydrogen) atoms. The van der Waals surface area contributed by atoms with Gasteiger partial charge in [0.2, 0.25) is 15.9 Å². The Labute approximate surface area is 167 Å². The molecule has 142 valence electrons. The molecule has 0 atom stereocenters. The van der Waals surface area contributed by atoms with Crippen molar-refractivity contribution < 1.29 is 18.3 Å². The van der Waals surface area contributed by atoms with Crippen molar-refractivity contribution in [1.29, 1.82) is 0 Å². The molecule has 0 aliphatic carbocycles. The summed E-state index contributed by atoms with van der Waals surface area (Å²) in [5.74, 6) is -0.847. The van der Waals surface area contributed by atoms with Gasteiger partial charge in [-0.3, -0.25) is 4.79 Å². The maximum Gasteiger partial charge on any atom is 0.279 e. The Bertz CT molecular complexity index is 1370. The first kappa shape index (κ1) is 18.6. The molecule has 0 spiro atoms. The highest BCUT2D eigenvalue weighted by Crippen LogP contribution is 2.35. The summed E-state index contributed by atoms with van der Waals surface area (Å²) >= 11 is 7.04. The highest BCUT2D eigenvalue weighted by molar-refractivity contribution is 7.89. The van der Waals surface area contributed by atoms with Gasteiger partial charge in [-0.1, -0.05) is 29.0 Å². The van der Waals surface area contributed by atoms with Crippen LogP contribution < -0.4 is 21.0 Å². The Hall–Kier alpha value is -2.79. The van der Waals surface area contributed by atoms with E-state index in [9.17, 15) is 18.3 Å². The molecular formula is C17H11ClN4O4S2. The van der Waals surface area contributed by atoms with Crippen LogP contribution >= 0.6 is 22.9 Å². The molecular weight excluding hydrogens is 424 g/mol. The molecule has 4 rings (SSSR count). The van der Waals surface area contributed by atoms with Crippen LogP contribution in [0.15, 0.2) is 52.4 Å². The van der Waals surface area contributed by atoms with E-state index in [-0.39, 0.29) is 26.4 Å². The van der Waals surface area contributed by atoms with E-state index in [2.05, 4.69) is 15.3 Å². The second-order valence-electron chi connectivity index (χ2n) is 5.82. The number of nitrogens with one attached hydrogen (secondary N) is 1. The molecule has 0 bridgehead atoms. The summed E-state index contributed by atoms with van der Waals surface area (Å²) in [4.78, 5) is 20.5. The van der Waals surface area contributed by atoms with E-state index in [1.165, 1.54) is 18.2 Å². The van der Waals surface area contributed by atoms with Crippen LogP contribution in [-0.4, -0.2) is 24.4 Å². The van der Waals surface area contributed by atoms with E-state index >= 15 is 0 Å². The Balaban J connectivity index is 1.76. The summed E-state index contributed by atoms with van der Waals surface area (Å²) in [6.07, 6.45) is 0. The van der Waals surface area contributed by atoms with Gasteiger partial charge in [0.1, 0.15) is 4.88 Å². The highest BCUT2D eigenvalue weighted by atomic mass is 35.5. The number of hydrogen-bond donors (Lipinski definition) is 3. The minimum absolute atomic E-state index is 0.0683. The van der Waals surface area contributed by atoms with Crippen LogP contribution in [0.1, 0.15) is 4.88 Å². The van der Waals surface area contributed by atoms with Crippen LogP contribution in [0.2, 0.25) is 5.02 Å². The van der Waals surface area contributed by atoms with Gasteiger partial charge in [0, 0.05) is 15.9 Å². The molecule has 8 nitrogen and oxygen atoms in total. The van der Waals surface area contributed by atoms with Gasteiger partial charge in [0.05, 0.1) is 15.8 Å². The Morgan fingerprint density at radius 3 is 2.71 bits per heavy atom. The average Bonchev–Trinajstić information content (AvgIpc) is 3.12. The number of nitrogens with two attached hydrogens (primary N) is 1. The molecule has 0 saturated heterocycles. The monoisotopic (exact) mass is 434 g/mol. The SMILES string of the molecule is NS(=O)(=O)c1cccc(Nc2nc(O)c(C3=c4cc(Cl)ccc4=NC3=O)s2)c1. The van der Waals surface area contributed by atoms with Crippen LogP contribution in [0.4, 0.5) is 10.8 Å². The third kappa shape index (κ3) is 3.38. The molecule has 0 radical (unpaired) electrons. The topological polar surface area (TPSA) is 135 Å². The van der Waals surface area contributed by atoms with Gasteiger partial charge in [0.25, 0.3) is 5.91 Å². The minimum atomic E-state index is -3.86. The van der Waals surface area contributed by atoms with E-state index in [1.54, 1.807) is 24.3 Å². The van der Waals surface area contributed by atoms with Crippen LogP contribution in [-0.2, 0) is 14.8 Å². The van der Waals surface area contributed by atoms with Gasteiger partial charge < -0.3 is 10.4 Å². The summed E-state index contributed by atoms with van der Waals surface area (Å²) in [6.45, 7) is 0. The van der Waals surface area contributed by atoms with Gasteiger partial charge in [-0.25, -0.2) is 18.5 Å². The third-order valence-corrected chi connectivity index (χ3v) is 6.04. The van der Waals surface area contributed by atoms with Crippen molar-refractivity contribution in [2.24, 2.45) is 10.1 Å². The second kappa shape index (κ2) is 6.67. The van der Waals surface area contributed by atoms with Gasteiger partial charge in [-0.15, -0.1) is 0 Å². The number of primary sulfonamides is 1. The Kier molecular flexibility index (Phi) is 4.42. The molecule has 1 aromatic heterocycles. The van der Waals surface area contributed by atoms with Crippen molar-refractivity contribution in [3.05, 3.63) is 62.9 Å². The number of carbonyl (C=O) groups is 1. The zero-order chi connectivity index (χ0) is 20.1. The number of nitrogens with zero attached hydrogens (tertiary/aromatic N) is 2. The first-order valence-corrected chi connectivity index (χ1v) is 10.5. The minimum Gasteiger partial charge on any atom is -0.492 e. The first-order valence-electron chi connectivity index (χ1n) is 7.75. The quantitative estimate of drug-likeness (QED) is 0.565. The van der Waals surface area contributed by atoms with E-state index < -0.39 is 15.9 Å². The van der Waals surface area contributed by atoms with Crippen LogP contribution in [0, 0.1) is 0 Å². The van der Waals surface area contributed by atoms with Gasteiger partial charge in [0.15, 0.2) is 5.13 Å². The standard InChI is InChI=1S/C17H11ClN4O4S2/c18-8-4-5-12-11(6-8)13(15(23)21-12)14-16(24)22-17(27-14)20-9-2-1-3-10(7-9)28(19,25)26/h1-7,24H,(H,20,22)(H2,19,25,26). The smallest absolute Gasteiger partial charge is 0.279 e. The van der Waals surface area contributed by atoms with E-state index in [4.69, 9.17) is 16.7 Å². The lowest BCUT2D eigenvalue weighted by Crippen LogP contribution is -2.22. The largest absolute Gasteiger partial charge is 0.492 e. The lowest BCUT2D eigenvalue weighted by molar-refractivity contribution is -0.112. The lowest BCUT2D eigenvalue weighted by Gasteiger charge is -2.04. The number of amides is 1. The molecule has 3 aromatic rings. The van der Waals surface area contributed by atoms with Crippen molar-refractivity contribution in [3.8, 4) is 5.88 Å². The normalized spacial score (nSPS) is 13.4. The predicted octanol–water partition coefficient (Wildman–Crippen LogP) is 1.25. The summed E-state index contributed by atoms with van der Waals surface area (Å²) in [7, 11) is -3.86. The molecule has 0 fully saturated rings. The third-order valence-electron chi connectivity index (χ3n) is 3.91. The molecule has 1 amide bonds. The molecule has 0 saturated carbocycles. The number of aromatic nitrogens is 1. The molecule has 1 aliphatic rings.